The molecule has 0 bridgehead atoms. The van der Waals surface area contributed by atoms with E-state index in [9.17, 15) is 4.79 Å². The molecular weight excluding hydrogens is 264 g/mol. The Kier molecular flexibility index (Phi) is 4.75. The van der Waals surface area contributed by atoms with Crippen LogP contribution in [0.1, 0.15) is 24.7 Å². The van der Waals surface area contributed by atoms with Crippen molar-refractivity contribution in [3.63, 3.8) is 0 Å². The molecule has 0 fully saturated rings. The molecule has 0 spiro atoms. The van der Waals surface area contributed by atoms with Crippen molar-refractivity contribution in [2.24, 2.45) is 0 Å². The molecule has 1 atom stereocenters. The Morgan fingerprint density at radius 1 is 1.29 bits per heavy atom. The Morgan fingerprint density at radius 3 is 2.43 bits per heavy atom. The fourth-order valence-corrected chi connectivity index (χ4v) is 2.21. The Balaban J connectivity index is 2.12. The van der Waals surface area contributed by atoms with Crippen molar-refractivity contribution in [1.29, 1.82) is 0 Å². The fourth-order valence-electron chi connectivity index (χ4n) is 2.21. The molecule has 5 nitrogen and oxygen atoms in total. The zero-order valence-electron chi connectivity index (χ0n) is 13.0. The minimum atomic E-state index is -0.164. The molecule has 1 aromatic carbocycles. The van der Waals surface area contributed by atoms with E-state index in [2.05, 4.69) is 15.6 Å². The zero-order valence-corrected chi connectivity index (χ0v) is 13.0. The topological polar surface area (TPSA) is 59.0 Å². The fraction of sp³-hybridized carbons (Fsp3) is 0.375. The van der Waals surface area contributed by atoms with Crippen molar-refractivity contribution in [2.45, 2.75) is 33.2 Å². The number of aryl methyl sites for hydroxylation is 1. The summed E-state index contributed by atoms with van der Waals surface area (Å²) in [4.78, 5) is 16.3. The summed E-state index contributed by atoms with van der Waals surface area (Å²) in [7, 11) is 1.79. The lowest BCUT2D eigenvalue weighted by Gasteiger charge is -2.14. The van der Waals surface area contributed by atoms with Gasteiger partial charge in [-0.3, -0.25) is 4.79 Å². The highest BCUT2D eigenvalue weighted by molar-refractivity contribution is 5.94. The van der Waals surface area contributed by atoms with Crippen molar-refractivity contribution in [2.75, 3.05) is 12.4 Å². The van der Waals surface area contributed by atoms with Crippen LogP contribution in [-0.4, -0.2) is 28.5 Å². The largest absolute Gasteiger partial charge is 0.325 e. The van der Waals surface area contributed by atoms with Gasteiger partial charge in [0, 0.05) is 17.1 Å². The van der Waals surface area contributed by atoms with E-state index in [1.807, 2.05) is 55.9 Å². The van der Waals surface area contributed by atoms with Crippen LogP contribution in [0.3, 0.4) is 0 Å². The van der Waals surface area contributed by atoms with E-state index in [1.165, 1.54) is 0 Å². The summed E-state index contributed by atoms with van der Waals surface area (Å²) in [6.07, 6.45) is 2.57. The zero-order chi connectivity index (χ0) is 15.4. The van der Waals surface area contributed by atoms with Gasteiger partial charge < -0.3 is 15.2 Å². The second-order valence-corrected chi connectivity index (χ2v) is 5.07. The number of anilines is 1. The minimum Gasteiger partial charge on any atom is -0.325 e. The number of nitrogens with one attached hydrogen (secondary N) is 2. The summed E-state index contributed by atoms with van der Waals surface area (Å²) in [5.41, 5.74) is 3.97. The number of amides is 1. The number of likely N-dealkylation sites (N-methyl/N-ethyl adjacent to an activating group) is 1. The van der Waals surface area contributed by atoms with E-state index in [-0.39, 0.29) is 11.9 Å². The van der Waals surface area contributed by atoms with Gasteiger partial charge in [0.15, 0.2) is 0 Å². The van der Waals surface area contributed by atoms with Gasteiger partial charge in [-0.25, -0.2) is 4.98 Å². The first-order valence-corrected chi connectivity index (χ1v) is 7.16. The average molecular weight is 286 g/mol. The maximum Gasteiger partial charge on any atom is 0.241 e. The quantitative estimate of drug-likeness (QED) is 0.887. The molecule has 112 valence electrons. The van der Waals surface area contributed by atoms with Gasteiger partial charge in [-0.1, -0.05) is 6.92 Å². The molecule has 0 aliphatic carbocycles. The number of nitrogens with zero attached hydrogens (tertiary/aromatic N) is 2. The van der Waals surface area contributed by atoms with Crippen LogP contribution in [0.25, 0.3) is 5.69 Å². The number of carbonyl (C=O) groups is 1. The van der Waals surface area contributed by atoms with E-state index in [4.69, 9.17) is 0 Å². The van der Waals surface area contributed by atoms with Crippen molar-refractivity contribution in [3.05, 3.63) is 42.0 Å². The SMILES string of the molecule is CCC(NC)C(=O)Nc1ccc(-n2cnc(C)c2C)cc1. The lowest BCUT2D eigenvalue weighted by molar-refractivity contribution is -0.118. The van der Waals surface area contributed by atoms with E-state index >= 15 is 0 Å². The first-order chi connectivity index (χ1) is 10.1. The van der Waals surface area contributed by atoms with Crippen LogP contribution in [-0.2, 0) is 4.79 Å². The molecule has 0 saturated carbocycles. The number of benzene rings is 1. The minimum absolute atomic E-state index is 0.0117. The van der Waals surface area contributed by atoms with Gasteiger partial charge in [-0.2, -0.15) is 0 Å². The highest BCUT2D eigenvalue weighted by Gasteiger charge is 2.13. The summed E-state index contributed by atoms with van der Waals surface area (Å²) in [5.74, 6) is -0.0117. The van der Waals surface area contributed by atoms with Crippen LogP contribution in [0.15, 0.2) is 30.6 Å². The Hall–Kier alpha value is -2.14. The van der Waals surface area contributed by atoms with Gasteiger partial charge in [-0.05, 0) is 51.6 Å². The van der Waals surface area contributed by atoms with E-state index in [0.717, 1.165) is 29.2 Å². The number of imidazole rings is 1. The normalized spacial score (nSPS) is 12.2. The molecule has 0 saturated heterocycles. The lowest BCUT2D eigenvalue weighted by atomic mass is 10.2. The predicted molar refractivity (Wildman–Crippen MR) is 84.8 cm³/mol. The Morgan fingerprint density at radius 2 is 1.95 bits per heavy atom. The molecule has 2 N–H and O–H groups in total. The monoisotopic (exact) mass is 286 g/mol. The number of hydrogen-bond acceptors (Lipinski definition) is 3. The number of aromatic nitrogens is 2. The molecule has 1 aromatic heterocycles. The number of rotatable bonds is 5. The molecule has 0 aliphatic heterocycles. The summed E-state index contributed by atoms with van der Waals surface area (Å²) in [6.45, 7) is 6.01. The molecule has 1 unspecified atom stereocenters. The Bertz CT molecular complexity index is 612. The number of hydrogen-bond donors (Lipinski definition) is 2. The molecule has 21 heavy (non-hydrogen) atoms. The summed E-state index contributed by atoms with van der Waals surface area (Å²) < 4.78 is 2.03. The predicted octanol–water partition coefficient (Wildman–Crippen LogP) is 2.43. The summed E-state index contributed by atoms with van der Waals surface area (Å²) in [5, 5.41) is 5.91. The van der Waals surface area contributed by atoms with Crippen LogP contribution in [0.4, 0.5) is 5.69 Å². The maximum absolute atomic E-state index is 12.0. The van der Waals surface area contributed by atoms with Crippen LogP contribution in [0, 0.1) is 13.8 Å². The maximum atomic E-state index is 12.0. The lowest BCUT2D eigenvalue weighted by Crippen LogP contribution is -2.37. The smallest absolute Gasteiger partial charge is 0.241 e. The van der Waals surface area contributed by atoms with Gasteiger partial charge >= 0.3 is 0 Å². The van der Waals surface area contributed by atoms with E-state index in [0.29, 0.717) is 0 Å². The number of carbonyl (C=O) groups excluding carboxylic acids is 1. The molecule has 2 rings (SSSR count). The molecule has 0 radical (unpaired) electrons. The molecule has 1 amide bonds. The third-order valence-corrected chi connectivity index (χ3v) is 3.74. The standard InChI is InChI=1S/C16H22N4O/c1-5-15(17-4)16(21)19-13-6-8-14(9-7-13)20-10-18-11(2)12(20)3/h6-10,15,17H,5H2,1-4H3,(H,19,21). The second kappa shape index (κ2) is 6.54. The molecular formula is C16H22N4O. The third-order valence-electron chi connectivity index (χ3n) is 3.74. The van der Waals surface area contributed by atoms with E-state index in [1.54, 1.807) is 7.05 Å². The van der Waals surface area contributed by atoms with Crippen molar-refractivity contribution >= 4 is 11.6 Å². The van der Waals surface area contributed by atoms with Gasteiger partial charge in [0.25, 0.3) is 0 Å². The van der Waals surface area contributed by atoms with Gasteiger partial charge in [0.1, 0.15) is 0 Å². The van der Waals surface area contributed by atoms with Crippen molar-refractivity contribution in [1.82, 2.24) is 14.9 Å². The highest BCUT2D eigenvalue weighted by Crippen LogP contribution is 2.17. The molecule has 1 heterocycles. The molecule has 0 aliphatic rings. The summed E-state index contributed by atoms with van der Waals surface area (Å²) >= 11 is 0. The highest BCUT2D eigenvalue weighted by atomic mass is 16.2. The van der Waals surface area contributed by atoms with Crippen molar-refractivity contribution < 1.29 is 4.79 Å². The van der Waals surface area contributed by atoms with Crippen LogP contribution in [0.2, 0.25) is 0 Å². The first-order valence-electron chi connectivity index (χ1n) is 7.16. The van der Waals surface area contributed by atoms with Gasteiger partial charge in [0.2, 0.25) is 5.91 Å². The third kappa shape index (κ3) is 3.31. The summed E-state index contributed by atoms with van der Waals surface area (Å²) in [6, 6.07) is 7.60. The van der Waals surface area contributed by atoms with Gasteiger partial charge in [-0.15, -0.1) is 0 Å². The van der Waals surface area contributed by atoms with E-state index < -0.39 is 0 Å². The van der Waals surface area contributed by atoms with Gasteiger partial charge in [0.05, 0.1) is 18.1 Å². The van der Waals surface area contributed by atoms with Crippen LogP contribution in [0.5, 0.6) is 0 Å². The Labute approximate surface area is 125 Å². The molecule has 5 heteroatoms. The molecule has 2 aromatic rings. The average Bonchev–Trinajstić information content (AvgIpc) is 2.81. The van der Waals surface area contributed by atoms with Crippen molar-refractivity contribution in [3.8, 4) is 5.69 Å². The van der Waals surface area contributed by atoms with Crippen LogP contribution < -0.4 is 10.6 Å². The first kappa shape index (κ1) is 15.3. The second-order valence-electron chi connectivity index (χ2n) is 5.07. The van der Waals surface area contributed by atoms with Crippen LogP contribution >= 0.6 is 0 Å².